The van der Waals surface area contributed by atoms with Crippen LogP contribution in [0.2, 0.25) is 5.02 Å². The molecule has 0 aliphatic heterocycles. The predicted molar refractivity (Wildman–Crippen MR) is 49.6 cm³/mol. The van der Waals surface area contributed by atoms with E-state index >= 15 is 0 Å². The molecule has 1 rings (SSSR count). The summed E-state index contributed by atoms with van der Waals surface area (Å²) in [6.07, 6.45) is 1.00. The molecule has 0 fully saturated rings. The van der Waals surface area contributed by atoms with Gasteiger partial charge in [-0.1, -0.05) is 29.8 Å². The van der Waals surface area contributed by atoms with Crippen molar-refractivity contribution in [1.29, 1.82) is 0 Å². The Morgan fingerprint density at radius 2 is 1.31 bits per heavy atom. The molecule has 0 saturated heterocycles. The fraction of sp³-hybridized carbons (Fsp3) is 0. The average Bonchev–Trinajstić information content (AvgIpc) is 2.08. The molecule has 0 aromatic heterocycles. The summed E-state index contributed by atoms with van der Waals surface area (Å²) < 4.78 is 0. The molecule has 1 aromatic rings. The standard InChI is InChI=1S/C6H5Cl.2CNO/c7-6-4-2-1-3-5-6;2*2-1-3/h1-5H;;/q;2*-1. The average molecular weight is 197 g/mol. The minimum Gasteiger partial charge on any atom is -0.724 e. The van der Waals surface area contributed by atoms with E-state index in [0.29, 0.717) is 12.2 Å². The molecule has 0 aliphatic rings. The van der Waals surface area contributed by atoms with Crippen LogP contribution in [0.3, 0.4) is 0 Å². The van der Waals surface area contributed by atoms with Crippen molar-refractivity contribution < 1.29 is 9.59 Å². The molecule has 0 radical (unpaired) electrons. The molecular weight excluding hydrogens is 192 g/mol. The number of nitrogens with zero attached hydrogens (tertiary/aromatic N) is 2. The van der Waals surface area contributed by atoms with Gasteiger partial charge in [0.1, 0.15) is 0 Å². The zero-order valence-electron chi connectivity index (χ0n) is 6.48. The normalized spacial score (nSPS) is 5.92. The second-order valence-corrected chi connectivity index (χ2v) is 1.91. The predicted octanol–water partition coefficient (Wildman–Crippen LogP) is 2.12. The highest BCUT2D eigenvalue weighted by Crippen LogP contribution is 2.03. The van der Waals surface area contributed by atoms with Gasteiger partial charge in [-0.2, -0.15) is 0 Å². The third kappa shape index (κ3) is 17.9. The zero-order valence-corrected chi connectivity index (χ0v) is 7.23. The Labute approximate surface area is 80.2 Å². The Kier molecular flexibility index (Phi) is 13.7. The smallest absolute Gasteiger partial charge is 0.0405 e. The maximum atomic E-state index is 8.24. The molecule has 0 unspecified atom stereocenters. The molecule has 0 spiro atoms. The lowest BCUT2D eigenvalue weighted by Gasteiger charge is -1.80. The second kappa shape index (κ2) is 12.9. The van der Waals surface area contributed by atoms with Crippen LogP contribution in [0.15, 0.2) is 30.3 Å². The number of carbonyl (C=O) groups excluding carboxylic acids is 2. The van der Waals surface area contributed by atoms with Gasteiger partial charge in [0.2, 0.25) is 0 Å². The molecule has 0 saturated carbocycles. The third-order valence-corrected chi connectivity index (χ3v) is 0.985. The van der Waals surface area contributed by atoms with Gasteiger partial charge in [0.15, 0.2) is 0 Å². The highest BCUT2D eigenvalue weighted by Gasteiger charge is 1.74. The van der Waals surface area contributed by atoms with Crippen LogP contribution in [-0.2, 0) is 9.59 Å². The van der Waals surface area contributed by atoms with E-state index in [9.17, 15) is 0 Å². The summed E-state index contributed by atoms with van der Waals surface area (Å²) in [5, 5.41) is 14.3. The van der Waals surface area contributed by atoms with Crippen LogP contribution in [0.1, 0.15) is 0 Å². The molecule has 0 atom stereocenters. The van der Waals surface area contributed by atoms with Crippen LogP contribution in [0, 0.1) is 0 Å². The summed E-state index contributed by atoms with van der Waals surface area (Å²) >= 11 is 5.54. The molecule has 4 nitrogen and oxygen atoms in total. The van der Waals surface area contributed by atoms with Gasteiger partial charge in [0.05, 0.1) is 0 Å². The van der Waals surface area contributed by atoms with Crippen molar-refractivity contribution in [3.63, 3.8) is 0 Å². The molecule has 0 heterocycles. The lowest BCUT2D eigenvalue weighted by atomic mass is 10.4. The van der Waals surface area contributed by atoms with E-state index in [1.807, 2.05) is 30.3 Å². The SMILES string of the molecule is Clc1ccccc1.[N-]=C=O.[N-]=C=O. The van der Waals surface area contributed by atoms with E-state index in [1.165, 1.54) is 0 Å². The largest absolute Gasteiger partial charge is 0.724 e. The van der Waals surface area contributed by atoms with Crippen LogP contribution in [0.25, 0.3) is 10.8 Å². The van der Waals surface area contributed by atoms with Crippen molar-refractivity contribution in [2.24, 2.45) is 0 Å². The number of rotatable bonds is 0. The topological polar surface area (TPSA) is 78.7 Å². The van der Waals surface area contributed by atoms with Crippen molar-refractivity contribution in [2.75, 3.05) is 0 Å². The fourth-order valence-corrected chi connectivity index (χ4v) is 0.560. The maximum absolute atomic E-state index is 8.24. The number of benzene rings is 1. The Morgan fingerprint density at radius 3 is 1.46 bits per heavy atom. The molecule has 0 N–H and O–H groups in total. The Morgan fingerprint density at radius 1 is 1.00 bits per heavy atom. The van der Waals surface area contributed by atoms with E-state index in [-0.39, 0.29) is 0 Å². The van der Waals surface area contributed by atoms with Gasteiger partial charge < -0.3 is 10.8 Å². The lowest BCUT2D eigenvalue weighted by Crippen LogP contribution is -1.55. The van der Waals surface area contributed by atoms with Gasteiger partial charge in [0, 0.05) is 5.02 Å². The Hall–Kier alpha value is -1.73. The fourth-order valence-electron chi connectivity index (χ4n) is 0.415. The quantitative estimate of drug-likeness (QED) is 0.471. The van der Waals surface area contributed by atoms with E-state index in [0.717, 1.165) is 5.02 Å². The summed E-state index contributed by atoms with van der Waals surface area (Å²) in [6, 6.07) is 9.44. The molecule has 13 heavy (non-hydrogen) atoms. The molecule has 0 bridgehead atoms. The molecule has 1 aromatic carbocycles. The zero-order chi connectivity index (χ0) is 10.5. The summed E-state index contributed by atoms with van der Waals surface area (Å²) in [6.45, 7) is 0. The van der Waals surface area contributed by atoms with E-state index < -0.39 is 0 Å². The number of halogens is 1. The van der Waals surface area contributed by atoms with Crippen LogP contribution >= 0.6 is 11.6 Å². The second-order valence-electron chi connectivity index (χ2n) is 1.48. The molecule has 0 amide bonds. The number of isocyanates is 2. The van der Waals surface area contributed by atoms with Gasteiger partial charge in [0.25, 0.3) is 0 Å². The summed E-state index contributed by atoms with van der Waals surface area (Å²) in [4.78, 5) is 16.5. The first-order valence-electron chi connectivity index (χ1n) is 2.96. The monoisotopic (exact) mass is 196 g/mol. The Balaban J connectivity index is 0. The van der Waals surface area contributed by atoms with Gasteiger partial charge in [-0.05, 0) is 24.3 Å². The minimum absolute atomic E-state index is 0.500. The van der Waals surface area contributed by atoms with E-state index in [4.69, 9.17) is 32.0 Å². The van der Waals surface area contributed by atoms with Crippen LogP contribution < -0.4 is 0 Å². The minimum atomic E-state index is 0.500. The highest BCUT2D eigenvalue weighted by atomic mass is 35.5. The number of hydrogen-bond donors (Lipinski definition) is 0. The van der Waals surface area contributed by atoms with Gasteiger partial charge in [-0.3, -0.25) is 9.59 Å². The third-order valence-electron chi connectivity index (χ3n) is 0.733. The van der Waals surface area contributed by atoms with Crippen LogP contribution in [-0.4, -0.2) is 12.2 Å². The van der Waals surface area contributed by atoms with Crippen molar-refractivity contribution >= 4 is 23.8 Å². The van der Waals surface area contributed by atoms with Crippen molar-refractivity contribution in [3.8, 4) is 0 Å². The number of hydrogen-bond acceptors (Lipinski definition) is 2. The summed E-state index contributed by atoms with van der Waals surface area (Å²) in [5.74, 6) is 0. The first kappa shape index (κ1) is 13.8. The first-order valence-corrected chi connectivity index (χ1v) is 3.33. The van der Waals surface area contributed by atoms with E-state index in [1.54, 1.807) is 0 Å². The van der Waals surface area contributed by atoms with Gasteiger partial charge >= 0.3 is 0 Å². The van der Waals surface area contributed by atoms with Gasteiger partial charge in [-0.25, -0.2) is 0 Å². The lowest BCUT2D eigenvalue weighted by molar-refractivity contribution is 0.568. The Bertz CT molecular complexity index is 263. The maximum Gasteiger partial charge on any atom is 0.0405 e. The molecule has 0 aliphatic carbocycles. The first-order chi connectivity index (χ1) is 6.22. The molecular formula is C8H5ClN2O2-2. The summed E-state index contributed by atoms with van der Waals surface area (Å²) in [7, 11) is 0. The van der Waals surface area contributed by atoms with Crippen molar-refractivity contribution in [3.05, 3.63) is 46.2 Å². The highest BCUT2D eigenvalue weighted by molar-refractivity contribution is 6.30. The van der Waals surface area contributed by atoms with Crippen molar-refractivity contribution in [2.45, 2.75) is 0 Å². The van der Waals surface area contributed by atoms with E-state index in [2.05, 4.69) is 0 Å². The van der Waals surface area contributed by atoms with Gasteiger partial charge in [-0.15, -0.1) is 0 Å². The molecule has 68 valence electrons. The summed E-state index contributed by atoms with van der Waals surface area (Å²) in [5.41, 5.74) is 0. The molecule has 5 heteroatoms. The van der Waals surface area contributed by atoms with Crippen molar-refractivity contribution in [1.82, 2.24) is 0 Å². The van der Waals surface area contributed by atoms with Crippen LogP contribution in [0.5, 0.6) is 0 Å². The van der Waals surface area contributed by atoms with Crippen LogP contribution in [0.4, 0.5) is 0 Å².